The minimum absolute atomic E-state index is 0.0754. The van der Waals surface area contributed by atoms with Gasteiger partial charge >= 0.3 is 0 Å². The van der Waals surface area contributed by atoms with Crippen LogP contribution in [0.3, 0.4) is 0 Å². The fourth-order valence-corrected chi connectivity index (χ4v) is 6.93. The van der Waals surface area contributed by atoms with Gasteiger partial charge in [-0.2, -0.15) is 0 Å². The highest BCUT2D eigenvalue weighted by molar-refractivity contribution is 9.10. The van der Waals surface area contributed by atoms with Gasteiger partial charge in [0.15, 0.2) is 0 Å². The van der Waals surface area contributed by atoms with Crippen molar-refractivity contribution in [1.82, 2.24) is 10.2 Å². The highest BCUT2D eigenvalue weighted by Crippen LogP contribution is 2.25. The van der Waals surface area contributed by atoms with E-state index in [9.17, 15) is 18.0 Å². The summed E-state index contributed by atoms with van der Waals surface area (Å²) in [6, 6.07) is 23.7. The van der Waals surface area contributed by atoms with Crippen molar-refractivity contribution in [2.24, 2.45) is 0 Å². The van der Waals surface area contributed by atoms with Crippen molar-refractivity contribution in [2.75, 3.05) is 24.2 Å². The SMILES string of the molecule is COc1cccc(N(CCCC(=O)N(Cc2cccc(Br)c2)[C@H](Cc2ccccc2)C(=O)NC2CCCC2)S(C)(=O)=O)c1. The number of carbonyl (C=O) groups excluding carboxylic acids is 2. The van der Waals surface area contributed by atoms with Crippen molar-refractivity contribution in [3.8, 4) is 5.75 Å². The van der Waals surface area contributed by atoms with Crippen molar-refractivity contribution in [2.45, 2.75) is 63.6 Å². The summed E-state index contributed by atoms with van der Waals surface area (Å²) in [5.74, 6) is 0.175. The van der Waals surface area contributed by atoms with Gasteiger partial charge in [0, 0.05) is 42.5 Å². The Morgan fingerprint density at radius 1 is 0.977 bits per heavy atom. The van der Waals surface area contributed by atoms with Gasteiger partial charge in [0.2, 0.25) is 21.8 Å². The maximum Gasteiger partial charge on any atom is 0.243 e. The van der Waals surface area contributed by atoms with E-state index < -0.39 is 16.1 Å². The van der Waals surface area contributed by atoms with E-state index in [1.807, 2.05) is 54.6 Å². The van der Waals surface area contributed by atoms with Gasteiger partial charge in [-0.3, -0.25) is 13.9 Å². The number of anilines is 1. The Morgan fingerprint density at radius 3 is 2.35 bits per heavy atom. The largest absolute Gasteiger partial charge is 0.497 e. The van der Waals surface area contributed by atoms with Crippen LogP contribution in [0.1, 0.15) is 49.7 Å². The Hall–Kier alpha value is -3.37. The van der Waals surface area contributed by atoms with Gasteiger partial charge in [-0.1, -0.05) is 77.3 Å². The Labute approximate surface area is 263 Å². The van der Waals surface area contributed by atoms with Crippen LogP contribution in [-0.4, -0.2) is 57.1 Å². The summed E-state index contributed by atoms with van der Waals surface area (Å²) in [7, 11) is -2.09. The first-order valence-corrected chi connectivity index (χ1v) is 17.3. The van der Waals surface area contributed by atoms with Crippen LogP contribution in [0.2, 0.25) is 0 Å². The normalized spacial score (nSPS) is 14.2. The molecule has 0 heterocycles. The average molecular weight is 671 g/mol. The smallest absolute Gasteiger partial charge is 0.243 e. The zero-order valence-corrected chi connectivity index (χ0v) is 27.1. The third-order valence-electron chi connectivity index (χ3n) is 7.71. The monoisotopic (exact) mass is 669 g/mol. The predicted octanol–water partition coefficient (Wildman–Crippen LogP) is 5.70. The molecule has 1 fully saturated rings. The van der Waals surface area contributed by atoms with Crippen LogP contribution < -0.4 is 14.4 Å². The topological polar surface area (TPSA) is 96.0 Å². The molecule has 4 rings (SSSR count). The van der Waals surface area contributed by atoms with Crippen molar-refractivity contribution in [3.63, 3.8) is 0 Å². The van der Waals surface area contributed by atoms with E-state index >= 15 is 0 Å². The molecule has 10 heteroatoms. The summed E-state index contributed by atoms with van der Waals surface area (Å²) in [6.07, 6.45) is 5.92. The second-order valence-electron chi connectivity index (χ2n) is 11.0. The first-order chi connectivity index (χ1) is 20.6. The zero-order chi connectivity index (χ0) is 30.8. The molecule has 0 aliphatic heterocycles. The van der Waals surface area contributed by atoms with Crippen LogP contribution in [0.4, 0.5) is 5.69 Å². The molecule has 1 aliphatic rings. The Bertz CT molecular complexity index is 1480. The number of amides is 2. The molecular weight excluding hydrogens is 630 g/mol. The van der Waals surface area contributed by atoms with E-state index in [1.54, 1.807) is 29.2 Å². The number of ether oxygens (including phenoxy) is 1. The third-order valence-corrected chi connectivity index (χ3v) is 9.40. The number of nitrogens with one attached hydrogen (secondary N) is 1. The number of hydrogen-bond acceptors (Lipinski definition) is 5. The number of methoxy groups -OCH3 is 1. The highest BCUT2D eigenvalue weighted by Gasteiger charge is 2.32. The van der Waals surface area contributed by atoms with E-state index in [0.717, 1.165) is 47.5 Å². The van der Waals surface area contributed by atoms with Gasteiger partial charge in [-0.15, -0.1) is 0 Å². The summed E-state index contributed by atoms with van der Waals surface area (Å²) in [5.41, 5.74) is 2.32. The number of nitrogens with zero attached hydrogens (tertiary/aromatic N) is 2. The average Bonchev–Trinajstić information content (AvgIpc) is 3.50. The number of halogens is 1. The molecule has 0 unspecified atom stereocenters. The Kier molecular flexibility index (Phi) is 11.6. The zero-order valence-electron chi connectivity index (χ0n) is 24.7. The minimum Gasteiger partial charge on any atom is -0.497 e. The molecule has 43 heavy (non-hydrogen) atoms. The molecule has 0 spiro atoms. The standard InChI is InChI=1S/C33H40BrN3O5S/c1-42-30-18-9-17-29(23-30)37(43(2,40)41)20-10-19-32(38)36(24-26-13-8-14-27(34)21-26)31(22-25-11-4-3-5-12-25)33(39)35-28-15-6-7-16-28/h3-5,8-9,11-14,17-18,21,23,28,31H,6-7,10,15-16,19-20,22,24H2,1-2H3,(H,35,39)/t31-/m1/s1. The maximum atomic E-state index is 14.0. The molecule has 1 aliphatic carbocycles. The molecule has 1 atom stereocenters. The number of sulfonamides is 1. The Balaban J connectivity index is 1.59. The molecule has 8 nitrogen and oxygen atoms in total. The van der Waals surface area contributed by atoms with Gasteiger partial charge < -0.3 is 15.0 Å². The van der Waals surface area contributed by atoms with Crippen molar-refractivity contribution >= 4 is 43.5 Å². The molecule has 0 aromatic heterocycles. The van der Waals surface area contributed by atoms with E-state index in [4.69, 9.17) is 4.74 Å². The van der Waals surface area contributed by atoms with Gasteiger partial charge in [-0.25, -0.2) is 8.42 Å². The molecular formula is C33H40BrN3O5S. The van der Waals surface area contributed by atoms with Crippen molar-refractivity contribution in [1.29, 1.82) is 0 Å². The molecule has 230 valence electrons. The molecule has 0 bridgehead atoms. The van der Waals surface area contributed by atoms with Crippen molar-refractivity contribution < 1.29 is 22.7 Å². The van der Waals surface area contributed by atoms with E-state index in [-0.39, 0.29) is 43.8 Å². The molecule has 2 amide bonds. The molecule has 1 saturated carbocycles. The van der Waals surface area contributed by atoms with Gasteiger partial charge in [-0.05, 0) is 54.7 Å². The third kappa shape index (κ3) is 9.56. The summed E-state index contributed by atoms with van der Waals surface area (Å²) >= 11 is 3.52. The van der Waals surface area contributed by atoms with Crippen LogP contribution in [0.25, 0.3) is 0 Å². The minimum atomic E-state index is -3.61. The van der Waals surface area contributed by atoms with Crippen LogP contribution in [-0.2, 0) is 32.6 Å². The lowest BCUT2D eigenvalue weighted by Gasteiger charge is -2.33. The molecule has 1 N–H and O–H groups in total. The molecule has 0 radical (unpaired) electrons. The van der Waals surface area contributed by atoms with Crippen LogP contribution in [0.5, 0.6) is 5.75 Å². The van der Waals surface area contributed by atoms with E-state index in [1.165, 1.54) is 11.4 Å². The molecule has 3 aromatic carbocycles. The second kappa shape index (κ2) is 15.4. The number of hydrogen-bond donors (Lipinski definition) is 1. The van der Waals surface area contributed by atoms with Crippen LogP contribution in [0.15, 0.2) is 83.3 Å². The molecule has 3 aromatic rings. The number of rotatable bonds is 14. The fourth-order valence-electron chi connectivity index (χ4n) is 5.52. The highest BCUT2D eigenvalue weighted by atomic mass is 79.9. The second-order valence-corrected chi connectivity index (χ2v) is 13.8. The molecule has 0 saturated heterocycles. The lowest BCUT2D eigenvalue weighted by Crippen LogP contribution is -2.52. The Morgan fingerprint density at radius 2 is 1.67 bits per heavy atom. The van der Waals surface area contributed by atoms with Crippen LogP contribution in [0, 0.1) is 0 Å². The van der Waals surface area contributed by atoms with Gasteiger partial charge in [0.25, 0.3) is 0 Å². The lowest BCUT2D eigenvalue weighted by molar-refractivity contribution is -0.141. The number of carbonyl (C=O) groups is 2. The van der Waals surface area contributed by atoms with Gasteiger partial charge in [0.1, 0.15) is 11.8 Å². The quantitative estimate of drug-likeness (QED) is 0.238. The summed E-state index contributed by atoms with van der Waals surface area (Å²) in [5, 5.41) is 3.22. The van der Waals surface area contributed by atoms with Gasteiger partial charge in [0.05, 0.1) is 19.1 Å². The number of benzene rings is 3. The summed E-state index contributed by atoms with van der Waals surface area (Å²) in [6.45, 7) is 0.361. The summed E-state index contributed by atoms with van der Waals surface area (Å²) in [4.78, 5) is 29.5. The van der Waals surface area contributed by atoms with Crippen molar-refractivity contribution in [3.05, 3.63) is 94.5 Å². The first kappa shape index (κ1) is 32.5. The first-order valence-electron chi connectivity index (χ1n) is 14.6. The van der Waals surface area contributed by atoms with E-state index in [2.05, 4.69) is 21.2 Å². The summed E-state index contributed by atoms with van der Waals surface area (Å²) < 4.78 is 32.9. The lowest BCUT2D eigenvalue weighted by atomic mass is 10.0. The predicted molar refractivity (Wildman–Crippen MR) is 173 cm³/mol. The van der Waals surface area contributed by atoms with Crippen LogP contribution >= 0.6 is 15.9 Å². The maximum absolute atomic E-state index is 14.0. The fraction of sp³-hybridized carbons (Fsp3) is 0.394. The van der Waals surface area contributed by atoms with E-state index in [0.29, 0.717) is 17.9 Å².